The lowest BCUT2D eigenvalue weighted by Gasteiger charge is -2.37. The minimum atomic E-state index is -4.43. The van der Waals surface area contributed by atoms with Crippen molar-refractivity contribution >= 4 is 34.6 Å². The first kappa shape index (κ1) is 23.3. The molecular weight excluding hydrogens is 475 g/mol. The maximum absolute atomic E-state index is 13.0. The van der Waals surface area contributed by atoms with Gasteiger partial charge in [0.05, 0.1) is 10.5 Å². The fourth-order valence-corrected chi connectivity index (χ4v) is 5.10. The highest BCUT2D eigenvalue weighted by Gasteiger charge is 2.31. The average Bonchev–Trinajstić information content (AvgIpc) is 3.46. The second kappa shape index (κ2) is 9.30. The maximum Gasteiger partial charge on any atom is 0.416 e. The van der Waals surface area contributed by atoms with Crippen LogP contribution < -0.4 is 4.90 Å². The van der Waals surface area contributed by atoms with E-state index in [0.29, 0.717) is 27.2 Å². The SMILES string of the molecule is Cc1ccccc1N1CCN(C2=NC(=O)/C(=C\c3ccc(-c4cccc(C(F)(F)F)c4)o3)S2)CC1. The third-order valence-corrected chi connectivity index (χ3v) is 7.03. The summed E-state index contributed by atoms with van der Waals surface area (Å²) in [4.78, 5) is 21.6. The Balaban J connectivity index is 1.25. The first-order valence-electron chi connectivity index (χ1n) is 11.1. The molecule has 0 atom stereocenters. The smallest absolute Gasteiger partial charge is 0.416 e. The van der Waals surface area contributed by atoms with E-state index in [-0.39, 0.29) is 5.91 Å². The Morgan fingerprint density at radius 3 is 2.46 bits per heavy atom. The second-order valence-corrected chi connectivity index (χ2v) is 9.36. The molecular formula is C26H22F3N3O2S. The number of para-hydroxylation sites is 1. The molecule has 0 aliphatic carbocycles. The Morgan fingerprint density at radius 1 is 0.971 bits per heavy atom. The molecule has 2 aliphatic rings. The van der Waals surface area contributed by atoms with Crippen LogP contribution in [-0.2, 0) is 11.0 Å². The zero-order valence-corrected chi connectivity index (χ0v) is 19.7. The number of rotatable bonds is 3. The molecule has 0 unspecified atom stereocenters. The van der Waals surface area contributed by atoms with Crippen molar-refractivity contribution in [2.75, 3.05) is 31.1 Å². The fourth-order valence-electron chi connectivity index (χ4n) is 4.15. The van der Waals surface area contributed by atoms with Crippen LogP contribution in [-0.4, -0.2) is 42.2 Å². The molecule has 1 aromatic heterocycles. The number of aryl methyl sites for hydroxylation is 1. The molecule has 1 amide bonds. The van der Waals surface area contributed by atoms with E-state index in [0.717, 1.165) is 38.3 Å². The van der Waals surface area contributed by atoms with Gasteiger partial charge in [-0.1, -0.05) is 30.3 Å². The lowest BCUT2D eigenvalue weighted by molar-refractivity contribution is -0.137. The first-order valence-corrected chi connectivity index (χ1v) is 12.0. The number of aliphatic imine (C=N–C) groups is 1. The van der Waals surface area contributed by atoms with Crippen molar-refractivity contribution in [3.05, 3.63) is 82.5 Å². The van der Waals surface area contributed by atoms with Gasteiger partial charge in [-0.15, -0.1) is 0 Å². The van der Waals surface area contributed by atoms with E-state index in [1.54, 1.807) is 24.3 Å². The van der Waals surface area contributed by atoms with Crippen LogP contribution in [0.15, 0.2) is 75.0 Å². The standard InChI is InChI=1S/C26H22F3N3O2S/c1-17-5-2-3-8-21(17)31-11-13-32(14-12-31)25-30-24(33)23(35-25)16-20-9-10-22(34-20)18-6-4-7-19(15-18)26(27,28)29/h2-10,15-16H,11-14H2,1H3/b23-16+. The van der Waals surface area contributed by atoms with E-state index in [1.807, 2.05) is 12.1 Å². The number of anilines is 1. The van der Waals surface area contributed by atoms with Gasteiger partial charge in [0.1, 0.15) is 11.5 Å². The molecule has 180 valence electrons. The highest BCUT2D eigenvalue weighted by Crippen LogP contribution is 2.35. The van der Waals surface area contributed by atoms with Crippen LogP contribution in [0.2, 0.25) is 0 Å². The molecule has 9 heteroatoms. The summed E-state index contributed by atoms with van der Waals surface area (Å²) >= 11 is 1.29. The molecule has 0 spiro atoms. The van der Waals surface area contributed by atoms with Crippen molar-refractivity contribution in [2.45, 2.75) is 13.1 Å². The Labute approximate surface area is 204 Å². The second-order valence-electron chi connectivity index (χ2n) is 8.35. The monoisotopic (exact) mass is 497 g/mol. The summed E-state index contributed by atoms with van der Waals surface area (Å²) in [6.45, 7) is 5.26. The van der Waals surface area contributed by atoms with Gasteiger partial charge in [-0.2, -0.15) is 18.2 Å². The van der Waals surface area contributed by atoms with E-state index in [4.69, 9.17) is 4.42 Å². The summed E-state index contributed by atoms with van der Waals surface area (Å²) in [5.74, 6) is 0.337. The predicted molar refractivity (Wildman–Crippen MR) is 132 cm³/mol. The normalized spacial score (nSPS) is 17.9. The number of piperazine rings is 1. The number of carbonyl (C=O) groups excluding carboxylic acids is 1. The third-order valence-electron chi connectivity index (χ3n) is 5.99. The van der Waals surface area contributed by atoms with Crippen molar-refractivity contribution in [3.63, 3.8) is 0 Å². The predicted octanol–water partition coefficient (Wildman–Crippen LogP) is 6.07. The van der Waals surface area contributed by atoms with Gasteiger partial charge in [0.15, 0.2) is 5.17 Å². The number of furan rings is 1. The molecule has 35 heavy (non-hydrogen) atoms. The summed E-state index contributed by atoms with van der Waals surface area (Å²) < 4.78 is 44.8. The summed E-state index contributed by atoms with van der Waals surface area (Å²) in [6, 6.07) is 16.5. The van der Waals surface area contributed by atoms with Gasteiger partial charge in [-0.05, 0) is 54.6 Å². The van der Waals surface area contributed by atoms with Crippen LogP contribution in [0.3, 0.4) is 0 Å². The van der Waals surface area contributed by atoms with Gasteiger partial charge >= 0.3 is 6.18 Å². The lowest BCUT2D eigenvalue weighted by Crippen LogP contribution is -2.48. The number of halogens is 3. The van der Waals surface area contributed by atoms with Crippen molar-refractivity contribution in [1.82, 2.24) is 4.90 Å². The van der Waals surface area contributed by atoms with Crippen LogP contribution in [0.4, 0.5) is 18.9 Å². The number of benzene rings is 2. The summed E-state index contributed by atoms with van der Waals surface area (Å²) in [5, 5.41) is 0.662. The number of hydrogen-bond acceptors (Lipinski definition) is 5. The van der Waals surface area contributed by atoms with Crippen molar-refractivity contribution < 1.29 is 22.4 Å². The molecule has 1 fully saturated rings. The van der Waals surface area contributed by atoms with E-state index >= 15 is 0 Å². The van der Waals surface area contributed by atoms with Crippen molar-refractivity contribution in [2.24, 2.45) is 4.99 Å². The molecule has 5 rings (SSSR count). The van der Waals surface area contributed by atoms with Crippen LogP contribution in [0.25, 0.3) is 17.4 Å². The topological polar surface area (TPSA) is 49.0 Å². The van der Waals surface area contributed by atoms with Gasteiger partial charge in [-0.3, -0.25) is 4.79 Å². The highest BCUT2D eigenvalue weighted by molar-refractivity contribution is 8.18. The van der Waals surface area contributed by atoms with Gasteiger partial charge in [0.2, 0.25) is 0 Å². The number of amidine groups is 1. The molecule has 0 bridgehead atoms. The number of amides is 1. The minimum absolute atomic E-state index is 0.298. The first-order chi connectivity index (χ1) is 16.8. The molecule has 2 aliphatic heterocycles. The zero-order valence-electron chi connectivity index (χ0n) is 18.9. The number of thioether (sulfide) groups is 1. The molecule has 3 aromatic rings. The molecule has 3 heterocycles. The number of carbonyl (C=O) groups is 1. The molecule has 0 radical (unpaired) electrons. The fraction of sp³-hybridized carbons (Fsp3) is 0.231. The van der Waals surface area contributed by atoms with Gasteiger partial charge in [-0.25, -0.2) is 0 Å². The van der Waals surface area contributed by atoms with E-state index < -0.39 is 11.7 Å². The van der Waals surface area contributed by atoms with Crippen LogP contribution in [0, 0.1) is 6.92 Å². The Bertz CT molecular complexity index is 1320. The van der Waals surface area contributed by atoms with E-state index in [9.17, 15) is 18.0 Å². The third kappa shape index (κ3) is 5.00. The Morgan fingerprint density at radius 2 is 1.71 bits per heavy atom. The molecule has 2 aromatic carbocycles. The minimum Gasteiger partial charge on any atom is -0.457 e. The zero-order chi connectivity index (χ0) is 24.6. The van der Waals surface area contributed by atoms with E-state index in [2.05, 4.69) is 33.8 Å². The number of nitrogens with zero attached hydrogens (tertiary/aromatic N) is 3. The van der Waals surface area contributed by atoms with Crippen LogP contribution >= 0.6 is 11.8 Å². The highest BCUT2D eigenvalue weighted by atomic mass is 32.2. The lowest BCUT2D eigenvalue weighted by atomic mass is 10.1. The Kier molecular flexibility index (Phi) is 6.19. The molecule has 5 nitrogen and oxygen atoms in total. The number of hydrogen-bond donors (Lipinski definition) is 0. The molecule has 1 saturated heterocycles. The van der Waals surface area contributed by atoms with E-state index in [1.165, 1.54) is 29.1 Å². The number of alkyl halides is 3. The van der Waals surface area contributed by atoms with Gasteiger partial charge < -0.3 is 14.2 Å². The van der Waals surface area contributed by atoms with Gasteiger partial charge in [0, 0.05) is 43.5 Å². The Hall–Kier alpha value is -3.46. The van der Waals surface area contributed by atoms with Gasteiger partial charge in [0.25, 0.3) is 5.91 Å². The quantitative estimate of drug-likeness (QED) is 0.412. The summed E-state index contributed by atoms with van der Waals surface area (Å²) in [7, 11) is 0. The summed E-state index contributed by atoms with van der Waals surface area (Å²) in [5.41, 5.74) is 2.03. The largest absolute Gasteiger partial charge is 0.457 e. The summed E-state index contributed by atoms with van der Waals surface area (Å²) in [6.07, 6.45) is -2.84. The van der Waals surface area contributed by atoms with Crippen LogP contribution in [0.5, 0.6) is 0 Å². The molecule has 0 saturated carbocycles. The average molecular weight is 498 g/mol. The molecule has 0 N–H and O–H groups in total. The van der Waals surface area contributed by atoms with Crippen molar-refractivity contribution in [1.29, 1.82) is 0 Å². The van der Waals surface area contributed by atoms with Crippen LogP contribution in [0.1, 0.15) is 16.9 Å². The van der Waals surface area contributed by atoms with Crippen molar-refractivity contribution in [3.8, 4) is 11.3 Å². The maximum atomic E-state index is 13.0.